The van der Waals surface area contributed by atoms with Gasteiger partial charge in [0.2, 0.25) is 0 Å². The Morgan fingerprint density at radius 2 is 1.94 bits per heavy atom. The highest BCUT2D eigenvalue weighted by Gasteiger charge is 2.49. The van der Waals surface area contributed by atoms with E-state index in [2.05, 4.69) is 4.18 Å². The maximum atomic E-state index is 12.1. The van der Waals surface area contributed by atoms with Gasteiger partial charge in [0.15, 0.2) is 0 Å². The van der Waals surface area contributed by atoms with Crippen molar-refractivity contribution in [2.75, 3.05) is 0 Å². The molecule has 0 saturated carbocycles. The molecule has 0 aromatic heterocycles. The van der Waals surface area contributed by atoms with Crippen LogP contribution in [-0.4, -0.2) is 13.9 Å². The number of hydrogen-bond donors (Lipinski definition) is 0. The lowest BCUT2D eigenvalue weighted by atomic mass is 9.81. The number of halogens is 3. The van der Waals surface area contributed by atoms with Gasteiger partial charge in [0.25, 0.3) is 0 Å². The summed E-state index contributed by atoms with van der Waals surface area (Å²) < 4.78 is 61.9. The Morgan fingerprint density at radius 3 is 2.31 bits per heavy atom. The zero-order valence-electron chi connectivity index (χ0n) is 8.07. The molecule has 0 spiro atoms. The third kappa shape index (κ3) is 1.95. The molecule has 2 atom stereocenters. The summed E-state index contributed by atoms with van der Waals surface area (Å²) in [6.07, 6.45) is 6.43. The summed E-state index contributed by atoms with van der Waals surface area (Å²) >= 11 is 0. The van der Waals surface area contributed by atoms with E-state index < -0.39 is 15.6 Å². The van der Waals surface area contributed by atoms with Crippen LogP contribution in [0.3, 0.4) is 0 Å². The van der Waals surface area contributed by atoms with Crippen molar-refractivity contribution in [3.05, 3.63) is 24.0 Å². The van der Waals surface area contributed by atoms with E-state index in [1.165, 1.54) is 6.08 Å². The fraction of sp³-hybridized carbons (Fsp3) is 0.556. The number of rotatable bonds is 2. The normalized spacial score (nSPS) is 29.1. The predicted octanol–water partition coefficient (Wildman–Crippen LogP) is 2.33. The molecular formula is C9H9F3O3S. The van der Waals surface area contributed by atoms with Crippen LogP contribution in [-0.2, 0) is 14.3 Å². The second kappa shape index (κ2) is 3.51. The van der Waals surface area contributed by atoms with E-state index in [0.717, 1.165) is 6.42 Å². The Labute approximate surface area is 90.7 Å². The van der Waals surface area contributed by atoms with Crippen molar-refractivity contribution in [1.82, 2.24) is 0 Å². The molecule has 3 nitrogen and oxygen atoms in total. The molecule has 0 saturated heterocycles. The molecule has 0 radical (unpaired) electrons. The van der Waals surface area contributed by atoms with Crippen LogP contribution in [0, 0.1) is 11.8 Å². The summed E-state index contributed by atoms with van der Waals surface area (Å²) in [6.45, 7) is 0. The van der Waals surface area contributed by atoms with Crippen LogP contribution in [0.2, 0.25) is 0 Å². The second-order valence-corrected chi connectivity index (χ2v) is 5.32. The minimum absolute atomic E-state index is 0.0107. The molecule has 0 aromatic rings. The molecule has 0 heterocycles. The van der Waals surface area contributed by atoms with Gasteiger partial charge in [0.1, 0.15) is 5.76 Å². The van der Waals surface area contributed by atoms with Crippen LogP contribution in [0.4, 0.5) is 13.2 Å². The van der Waals surface area contributed by atoms with E-state index in [4.69, 9.17) is 0 Å². The fourth-order valence-corrected chi connectivity index (χ4v) is 2.34. The molecule has 3 aliphatic carbocycles. The van der Waals surface area contributed by atoms with Gasteiger partial charge in [-0.1, -0.05) is 12.2 Å². The van der Waals surface area contributed by atoms with E-state index in [-0.39, 0.29) is 17.6 Å². The Morgan fingerprint density at radius 1 is 1.25 bits per heavy atom. The Hall–Kier alpha value is -0.980. The van der Waals surface area contributed by atoms with Crippen molar-refractivity contribution in [2.45, 2.75) is 18.3 Å². The average molecular weight is 254 g/mol. The maximum Gasteiger partial charge on any atom is 0.534 e. The molecule has 3 aliphatic rings. The minimum atomic E-state index is -5.52. The summed E-state index contributed by atoms with van der Waals surface area (Å²) in [5, 5.41) is 0. The molecule has 7 heteroatoms. The Kier molecular flexibility index (Phi) is 2.52. The van der Waals surface area contributed by atoms with Gasteiger partial charge in [-0.3, -0.25) is 0 Å². The standard InChI is InChI=1S/C9H9F3O3S/c10-9(11,12)16(13,14)15-8-5-6-1-3-7(8)4-2-6/h1,3,5-7H,2,4H2. The fourth-order valence-electron chi connectivity index (χ4n) is 1.82. The summed E-state index contributed by atoms with van der Waals surface area (Å²) in [5.74, 6) is -0.457. The van der Waals surface area contributed by atoms with Gasteiger partial charge in [0, 0.05) is 5.92 Å². The molecule has 0 fully saturated rings. The molecule has 90 valence electrons. The van der Waals surface area contributed by atoms with Crippen LogP contribution >= 0.6 is 0 Å². The van der Waals surface area contributed by atoms with Gasteiger partial charge in [0.05, 0.1) is 0 Å². The molecule has 0 N–H and O–H groups in total. The maximum absolute atomic E-state index is 12.1. The van der Waals surface area contributed by atoms with Gasteiger partial charge in [-0.15, -0.1) is 0 Å². The predicted molar refractivity (Wildman–Crippen MR) is 49.5 cm³/mol. The molecule has 16 heavy (non-hydrogen) atoms. The molecule has 0 amide bonds. The number of fused-ring (bicyclic) bond motifs is 1. The highest BCUT2D eigenvalue weighted by molar-refractivity contribution is 7.87. The van der Waals surface area contributed by atoms with Crippen molar-refractivity contribution in [2.24, 2.45) is 11.8 Å². The lowest BCUT2D eigenvalue weighted by Gasteiger charge is -2.29. The first-order valence-electron chi connectivity index (χ1n) is 4.70. The first-order valence-corrected chi connectivity index (χ1v) is 6.11. The van der Waals surface area contributed by atoms with Crippen LogP contribution < -0.4 is 0 Å². The third-order valence-electron chi connectivity index (χ3n) is 2.63. The van der Waals surface area contributed by atoms with Gasteiger partial charge in [-0.05, 0) is 24.8 Å². The average Bonchev–Trinajstić information content (AvgIpc) is 2.17. The Balaban J connectivity index is 2.19. The van der Waals surface area contributed by atoms with Gasteiger partial charge in [-0.25, -0.2) is 0 Å². The zero-order chi connectivity index (χ0) is 12.0. The van der Waals surface area contributed by atoms with E-state index in [1.54, 1.807) is 6.08 Å². The van der Waals surface area contributed by atoms with E-state index in [9.17, 15) is 21.6 Å². The van der Waals surface area contributed by atoms with Gasteiger partial charge in [-0.2, -0.15) is 21.6 Å². The van der Waals surface area contributed by atoms with E-state index in [1.807, 2.05) is 6.08 Å². The van der Waals surface area contributed by atoms with Crippen LogP contribution in [0.25, 0.3) is 0 Å². The highest BCUT2D eigenvalue weighted by Crippen LogP contribution is 2.38. The summed E-state index contributed by atoms with van der Waals surface area (Å²) in [6, 6.07) is 0. The number of alkyl halides is 3. The molecule has 2 bridgehead atoms. The molecule has 0 aliphatic heterocycles. The molecule has 2 unspecified atom stereocenters. The van der Waals surface area contributed by atoms with Crippen molar-refractivity contribution >= 4 is 10.1 Å². The van der Waals surface area contributed by atoms with Crippen LogP contribution in [0.1, 0.15) is 12.8 Å². The summed E-state index contributed by atoms with van der Waals surface area (Å²) in [5.41, 5.74) is -5.37. The minimum Gasteiger partial charge on any atom is -0.380 e. The number of hydrogen-bond acceptors (Lipinski definition) is 3. The second-order valence-electron chi connectivity index (χ2n) is 3.78. The van der Waals surface area contributed by atoms with Crippen molar-refractivity contribution < 1.29 is 25.8 Å². The third-order valence-corrected chi connectivity index (χ3v) is 3.61. The zero-order valence-corrected chi connectivity index (χ0v) is 8.88. The molecule has 3 rings (SSSR count). The lowest BCUT2D eigenvalue weighted by Crippen LogP contribution is -2.28. The van der Waals surface area contributed by atoms with Gasteiger partial charge < -0.3 is 4.18 Å². The lowest BCUT2D eigenvalue weighted by molar-refractivity contribution is -0.0527. The quantitative estimate of drug-likeness (QED) is 0.431. The van der Waals surface area contributed by atoms with Crippen LogP contribution in [0.15, 0.2) is 24.0 Å². The Bertz CT molecular complexity index is 447. The topological polar surface area (TPSA) is 43.4 Å². The van der Waals surface area contributed by atoms with E-state index in [0.29, 0.717) is 6.42 Å². The first kappa shape index (κ1) is 11.5. The monoisotopic (exact) mass is 254 g/mol. The van der Waals surface area contributed by atoms with Gasteiger partial charge >= 0.3 is 15.6 Å². The molecular weight excluding hydrogens is 245 g/mol. The summed E-state index contributed by atoms with van der Waals surface area (Å²) in [7, 11) is -5.52. The van der Waals surface area contributed by atoms with Crippen LogP contribution in [0.5, 0.6) is 0 Å². The first-order chi connectivity index (χ1) is 7.29. The largest absolute Gasteiger partial charge is 0.534 e. The van der Waals surface area contributed by atoms with Crippen molar-refractivity contribution in [3.63, 3.8) is 0 Å². The molecule has 0 aromatic carbocycles. The van der Waals surface area contributed by atoms with Crippen molar-refractivity contribution in [1.29, 1.82) is 0 Å². The van der Waals surface area contributed by atoms with Crippen molar-refractivity contribution in [3.8, 4) is 0 Å². The smallest absolute Gasteiger partial charge is 0.380 e. The van der Waals surface area contributed by atoms with E-state index >= 15 is 0 Å². The number of allylic oxidation sites excluding steroid dienone is 3. The SMILES string of the molecule is O=S(=O)(OC1=CC2C=CC1CC2)C(F)(F)F. The highest BCUT2D eigenvalue weighted by atomic mass is 32.2. The summed E-state index contributed by atoms with van der Waals surface area (Å²) in [4.78, 5) is 0.